The summed E-state index contributed by atoms with van der Waals surface area (Å²) in [6, 6.07) is 23.7. The molecule has 1 fully saturated rings. The van der Waals surface area contributed by atoms with Crippen molar-refractivity contribution in [2.45, 2.75) is 25.5 Å². The fraction of sp³-hybridized carbons (Fsp3) is 0.321. The van der Waals surface area contributed by atoms with Crippen LogP contribution in [0.5, 0.6) is 11.5 Å². The highest BCUT2D eigenvalue weighted by Crippen LogP contribution is 2.24. The van der Waals surface area contributed by atoms with Crippen molar-refractivity contribution in [3.63, 3.8) is 0 Å². The molecule has 1 aliphatic rings. The van der Waals surface area contributed by atoms with Gasteiger partial charge in [-0.15, -0.1) is 0 Å². The lowest BCUT2D eigenvalue weighted by Crippen LogP contribution is -2.35. The van der Waals surface area contributed by atoms with E-state index < -0.39 is 0 Å². The van der Waals surface area contributed by atoms with Crippen LogP contribution in [-0.4, -0.2) is 56.1 Å². The summed E-state index contributed by atoms with van der Waals surface area (Å²) in [7, 11) is 5.64. The Morgan fingerprint density at radius 1 is 0.939 bits per heavy atom. The van der Waals surface area contributed by atoms with E-state index in [0.717, 1.165) is 54.1 Å². The summed E-state index contributed by atoms with van der Waals surface area (Å²) in [4.78, 5) is 17.1. The van der Waals surface area contributed by atoms with E-state index >= 15 is 0 Å². The minimum absolute atomic E-state index is 0.00193. The number of ether oxygens (including phenoxy) is 2. The number of likely N-dealkylation sites (tertiary alicyclic amines) is 1. The summed E-state index contributed by atoms with van der Waals surface area (Å²) < 4.78 is 11.4. The smallest absolute Gasteiger partial charge is 0.253 e. The highest BCUT2D eigenvalue weighted by Gasteiger charge is 2.18. The summed E-state index contributed by atoms with van der Waals surface area (Å²) in [5.41, 5.74) is 3.89. The van der Waals surface area contributed by atoms with Gasteiger partial charge in [0.2, 0.25) is 0 Å². The lowest BCUT2D eigenvalue weighted by atomic mass is 10.0. The van der Waals surface area contributed by atoms with Crippen molar-refractivity contribution in [2.24, 2.45) is 0 Å². The van der Waals surface area contributed by atoms with Crippen LogP contribution in [0.15, 0.2) is 72.8 Å². The van der Waals surface area contributed by atoms with E-state index in [2.05, 4.69) is 18.0 Å². The van der Waals surface area contributed by atoms with Gasteiger partial charge in [0.1, 0.15) is 17.6 Å². The van der Waals surface area contributed by atoms with Gasteiger partial charge in [-0.2, -0.15) is 0 Å². The predicted octanol–water partition coefficient (Wildman–Crippen LogP) is 5.11. The third kappa shape index (κ3) is 5.93. The Labute approximate surface area is 196 Å². The Morgan fingerprint density at radius 2 is 1.58 bits per heavy atom. The third-order valence-corrected chi connectivity index (χ3v) is 6.19. The first-order valence-electron chi connectivity index (χ1n) is 11.5. The van der Waals surface area contributed by atoms with Crippen molar-refractivity contribution in [1.29, 1.82) is 0 Å². The van der Waals surface area contributed by atoms with Gasteiger partial charge in [-0.3, -0.25) is 4.79 Å². The lowest BCUT2D eigenvalue weighted by Gasteiger charge is -2.29. The second-order valence-corrected chi connectivity index (χ2v) is 8.73. The van der Waals surface area contributed by atoms with Crippen molar-refractivity contribution < 1.29 is 14.3 Å². The van der Waals surface area contributed by atoms with E-state index in [1.165, 1.54) is 0 Å². The first kappa shape index (κ1) is 22.9. The first-order chi connectivity index (χ1) is 16.0. The molecule has 0 aliphatic carbocycles. The van der Waals surface area contributed by atoms with Crippen LogP contribution < -0.4 is 9.47 Å². The zero-order chi connectivity index (χ0) is 23.2. The number of hydrogen-bond donors (Lipinski definition) is 0. The van der Waals surface area contributed by atoms with Gasteiger partial charge in [-0.25, -0.2) is 0 Å². The van der Waals surface area contributed by atoms with Gasteiger partial charge < -0.3 is 19.3 Å². The maximum Gasteiger partial charge on any atom is 0.253 e. The van der Waals surface area contributed by atoms with E-state index in [1.54, 1.807) is 12.0 Å². The summed E-state index contributed by atoms with van der Waals surface area (Å²) in [6.07, 6.45) is 2.36. The van der Waals surface area contributed by atoms with Gasteiger partial charge in [-0.05, 0) is 73.0 Å². The zero-order valence-corrected chi connectivity index (χ0v) is 19.7. The van der Waals surface area contributed by atoms with E-state index in [-0.39, 0.29) is 12.0 Å². The second-order valence-electron chi connectivity index (χ2n) is 8.73. The molecule has 0 spiro atoms. The number of benzene rings is 3. The molecule has 5 heteroatoms. The topological polar surface area (TPSA) is 42.0 Å². The monoisotopic (exact) mass is 444 g/mol. The van der Waals surface area contributed by atoms with Crippen LogP contribution in [0.3, 0.4) is 0 Å². The lowest BCUT2D eigenvalue weighted by molar-refractivity contribution is 0.0784. The van der Waals surface area contributed by atoms with Crippen molar-refractivity contribution in [3.8, 4) is 22.6 Å². The van der Waals surface area contributed by atoms with Gasteiger partial charge >= 0.3 is 0 Å². The fourth-order valence-electron chi connectivity index (χ4n) is 4.17. The van der Waals surface area contributed by atoms with Crippen LogP contribution >= 0.6 is 0 Å². The molecule has 0 atom stereocenters. The molecule has 172 valence electrons. The normalized spacial score (nSPS) is 14.6. The van der Waals surface area contributed by atoms with E-state index in [0.29, 0.717) is 12.1 Å². The van der Waals surface area contributed by atoms with Crippen LogP contribution in [0.2, 0.25) is 0 Å². The van der Waals surface area contributed by atoms with E-state index in [1.807, 2.05) is 73.8 Å². The molecule has 3 aromatic rings. The van der Waals surface area contributed by atoms with Crippen molar-refractivity contribution >= 4 is 5.91 Å². The SMILES string of the molecule is COc1ccc(-c2ccc(C(=O)N(C)Cc3cccc(OC4CCN(C)CC4)c3)cc2)cc1. The summed E-state index contributed by atoms with van der Waals surface area (Å²) in [5, 5.41) is 0. The molecule has 1 saturated heterocycles. The standard InChI is InChI=1S/C28H32N2O3/c1-29-17-15-26(16-18-29)33-27-6-4-5-21(19-27)20-30(2)28(31)24-9-7-22(8-10-24)23-11-13-25(32-3)14-12-23/h4-14,19,26H,15-18,20H2,1-3H3. The van der Waals surface area contributed by atoms with Crippen molar-refractivity contribution in [2.75, 3.05) is 34.3 Å². The van der Waals surface area contributed by atoms with Gasteiger partial charge in [0.25, 0.3) is 5.91 Å². The molecular formula is C28H32N2O3. The number of amides is 1. The highest BCUT2D eigenvalue weighted by molar-refractivity contribution is 5.94. The molecule has 4 rings (SSSR count). The number of methoxy groups -OCH3 is 1. The Balaban J connectivity index is 1.37. The number of rotatable bonds is 7. The minimum Gasteiger partial charge on any atom is -0.497 e. The maximum absolute atomic E-state index is 13.0. The van der Waals surface area contributed by atoms with E-state index in [4.69, 9.17) is 9.47 Å². The Morgan fingerprint density at radius 3 is 2.21 bits per heavy atom. The molecule has 0 aromatic heterocycles. The molecular weight excluding hydrogens is 412 g/mol. The van der Waals surface area contributed by atoms with Gasteiger partial charge in [0.05, 0.1) is 7.11 Å². The highest BCUT2D eigenvalue weighted by atomic mass is 16.5. The van der Waals surface area contributed by atoms with Crippen LogP contribution in [0, 0.1) is 0 Å². The molecule has 1 amide bonds. The molecule has 0 saturated carbocycles. The van der Waals surface area contributed by atoms with E-state index in [9.17, 15) is 4.79 Å². The Bertz CT molecular complexity index is 1060. The number of nitrogens with zero attached hydrogens (tertiary/aromatic N) is 2. The number of carbonyl (C=O) groups is 1. The van der Waals surface area contributed by atoms with Crippen LogP contribution in [0.1, 0.15) is 28.8 Å². The molecule has 0 unspecified atom stereocenters. The average Bonchev–Trinajstić information content (AvgIpc) is 2.85. The zero-order valence-electron chi connectivity index (χ0n) is 19.7. The molecule has 0 bridgehead atoms. The van der Waals surface area contributed by atoms with Gasteiger partial charge in [-0.1, -0.05) is 36.4 Å². The van der Waals surface area contributed by atoms with Gasteiger partial charge in [0.15, 0.2) is 0 Å². The quantitative estimate of drug-likeness (QED) is 0.508. The summed E-state index contributed by atoms with van der Waals surface area (Å²) in [6.45, 7) is 2.67. The molecule has 1 aliphatic heterocycles. The molecule has 0 N–H and O–H groups in total. The summed E-state index contributed by atoms with van der Waals surface area (Å²) in [5.74, 6) is 1.71. The minimum atomic E-state index is -0.00193. The van der Waals surface area contributed by atoms with Gasteiger partial charge in [0, 0.05) is 32.2 Å². The molecule has 5 nitrogen and oxygen atoms in total. The number of hydrogen-bond acceptors (Lipinski definition) is 4. The second kappa shape index (κ2) is 10.5. The molecule has 3 aromatic carbocycles. The van der Waals surface area contributed by atoms with Crippen molar-refractivity contribution in [1.82, 2.24) is 9.80 Å². The van der Waals surface area contributed by atoms with Crippen LogP contribution in [-0.2, 0) is 6.54 Å². The fourth-order valence-corrected chi connectivity index (χ4v) is 4.17. The Kier molecular flexibility index (Phi) is 7.30. The van der Waals surface area contributed by atoms with Crippen LogP contribution in [0.4, 0.5) is 0 Å². The average molecular weight is 445 g/mol. The first-order valence-corrected chi connectivity index (χ1v) is 11.5. The summed E-state index contributed by atoms with van der Waals surface area (Å²) >= 11 is 0. The molecule has 33 heavy (non-hydrogen) atoms. The third-order valence-electron chi connectivity index (χ3n) is 6.19. The largest absolute Gasteiger partial charge is 0.497 e. The number of carbonyl (C=O) groups excluding carboxylic acids is 1. The molecule has 0 radical (unpaired) electrons. The van der Waals surface area contributed by atoms with Crippen molar-refractivity contribution in [3.05, 3.63) is 83.9 Å². The maximum atomic E-state index is 13.0. The Hall–Kier alpha value is -3.31. The molecule has 1 heterocycles. The van der Waals surface area contributed by atoms with Crippen LogP contribution in [0.25, 0.3) is 11.1 Å². The number of piperidine rings is 1. The predicted molar refractivity (Wildman–Crippen MR) is 132 cm³/mol.